The predicted octanol–water partition coefficient (Wildman–Crippen LogP) is 0.888. The maximum atomic E-state index is 13.2. The number of rotatable bonds is 9. The molecular formula is C25H35BN4O6. The van der Waals surface area contributed by atoms with E-state index in [1.54, 1.807) is 11.0 Å². The zero-order valence-corrected chi connectivity index (χ0v) is 20.9. The van der Waals surface area contributed by atoms with Gasteiger partial charge in [0, 0.05) is 25.2 Å². The summed E-state index contributed by atoms with van der Waals surface area (Å²) in [5, 5.41) is 31.6. The van der Waals surface area contributed by atoms with Crippen molar-refractivity contribution in [2.45, 2.75) is 50.6 Å². The number of nitrogens with zero attached hydrogens (tertiary/aromatic N) is 3. The second-order valence-corrected chi connectivity index (χ2v) is 9.67. The number of nitrogens with one attached hydrogen (secondary N) is 1. The molecule has 11 heteroatoms. The van der Waals surface area contributed by atoms with Crippen molar-refractivity contribution in [3.63, 3.8) is 0 Å². The first kappa shape index (κ1) is 27.7. The third-order valence-electron chi connectivity index (χ3n) is 6.68. The maximum absolute atomic E-state index is 13.2. The zero-order valence-electron chi connectivity index (χ0n) is 20.9. The first-order valence-corrected chi connectivity index (χ1v) is 12.3. The SMILES string of the molecule is CC(C)(C=C(C#N)C(=O)N1CCCC1COC(=O)N[C@@H](Cc1ccccc1)B(O)O)N1CCOCC1. The molecule has 2 aliphatic heterocycles. The molecule has 10 nitrogen and oxygen atoms in total. The van der Waals surface area contributed by atoms with E-state index in [4.69, 9.17) is 9.47 Å². The van der Waals surface area contributed by atoms with Crippen molar-refractivity contribution in [2.75, 3.05) is 39.5 Å². The van der Waals surface area contributed by atoms with Gasteiger partial charge in [0.2, 0.25) is 0 Å². The molecule has 2 fully saturated rings. The Morgan fingerprint density at radius 1 is 1.28 bits per heavy atom. The van der Waals surface area contributed by atoms with Crippen LogP contribution in [0.25, 0.3) is 0 Å². The van der Waals surface area contributed by atoms with Crippen LogP contribution in [0, 0.1) is 11.3 Å². The van der Waals surface area contributed by atoms with Gasteiger partial charge < -0.3 is 29.7 Å². The highest BCUT2D eigenvalue weighted by Crippen LogP contribution is 2.24. The van der Waals surface area contributed by atoms with Crippen molar-refractivity contribution in [1.29, 1.82) is 5.26 Å². The molecule has 2 aliphatic rings. The van der Waals surface area contributed by atoms with Crippen LogP contribution in [0.1, 0.15) is 32.3 Å². The number of benzene rings is 1. The fraction of sp³-hybridized carbons (Fsp3) is 0.560. The van der Waals surface area contributed by atoms with Gasteiger partial charge in [-0.2, -0.15) is 5.26 Å². The molecule has 3 N–H and O–H groups in total. The Morgan fingerprint density at radius 2 is 1.97 bits per heavy atom. The molecule has 0 spiro atoms. The Kier molecular flexibility index (Phi) is 9.90. The highest BCUT2D eigenvalue weighted by Gasteiger charge is 2.34. The standard InChI is InChI=1S/C25H35BN4O6/c1-25(2,29-11-13-35-14-12-29)16-20(17-27)23(31)30-10-6-9-21(30)18-36-24(32)28-22(26(33)34)15-19-7-4-3-5-8-19/h3-5,7-8,16,21-22,33-34H,6,9-15,18H2,1-2H3,(H,28,32)/t21?,22-/m0/s1. The van der Waals surface area contributed by atoms with Crippen LogP contribution in [0.5, 0.6) is 0 Å². The van der Waals surface area contributed by atoms with E-state index >= 15 is 0 Å². The summed E-state index contributed by atoms with van der Waals surface area (Å²) in [4.78, 5) is 29.4. The minimum Gasteiger partial charge on any atom is -0.447 e. The summed E-state index contributed by atoms with van der Waals surface area (Å²) >= 11 is 0. The predicted molar refractivity (Wildman–Crippen MR) is 134 cm³/mol. The average molecular weight is 498 g/mol. The molecule has 1 aromatic carbocycles. The summed E-state index contributed by atoms with van der Waals surface area (Å²) in [7, 11) is -1.76. The van der Waals surface area contributed by atoms with Crippen LogP contribution < -0.4 is 5.32 Å². The second-order valence-electron chi connectivity index (χ2n) is 9.67. The van der Waals surface area contributed by atoms with Gasteiger partial charge >= 0.3 is 13.2 Å². The van der Waals surface area contributed by atoms with Gasteiger partial charge in [-0.05, 0) is 44.7 Å². The average Bonchev–Trinajstić information content (AvgIpc) is 3.35. The number of amides is 2. The Hall–Kier alpha value is -2.91. The molecular weight excluding hydrogens is 463 g/mol. The van der Waals surface area contributed by atoms with Gasteiger partial charge in [-0.25, -0.2) is 4.79 Å². The molecule has 2 saturated heterocycles. The molecule has 0 bridgehead atoms. The van der Waals surface area contributed by atoms with E-state index in [-0.39, 0.29) is 30.5 Å². The molecule has 0 aromatic heterocycles. The lowest BCUT2D eigenvalue weighted by molar-refractivity contribution is -0.128. The van der Waals surface area contributed by atoms with E-state index in [0.717, 1.165) is 25.1 Å². The first-order chi connectivity index (χ1) is 17.2. The quantitative estimate of drug-likeness (QED) is 0.260. The van der Waals surface area contributed by atoms with Crippen LogP contribution in [-0.4, -0.2) is 95.9 Å². The third-order valence-corrected chi connectivity index (χ3v) is 6.68. The van der Waals surface area contributed by atoms with Gasteiger partial charge in [-0.15, -0.1) is 0 Å². The molecule has 1 unspecified atom stereocenters. The molecule has 2 amide bonds. The lowest BCUT2D eigenvalue weighted by atomic mass is 9.76. The van der Waals surface area contributed by atoms with Crippen LogP contribution >= 0.6 is 0 Å². The minimum atomic E-state index is -1.76. The molecule has 2 heterocycles. The van der Waals surface area contributed by atoms with Crippen molar-refractivity contribution in [3.8, 4) is 6.07 Å². The minimum absolute atomic E-state index is 0.0529. The summed E-state index contributed by atoms with van der Waals surface area (Å²) in [5.41, 5.74) is 0.406. The number of morpholine rings is 1. The summed E-state index contributed by atoms with van der Waals surface area (Å²) in [6.45, 7) is 7.03. The molecule has 0 radical (unpaired) electrons. The number of hydrogen-bond donors (Lipinski definition) is 3. The highest BCUT2D eigenvalue weighted by molar-refractivity contribution is 6.43. The first-order valence-electron chi connectivity index (χ1n) is 12.3. The molecule has 3 rings (SSSR count). The smallest absolute Gasteiger partial charge is 0.447 e. The van der Waals surface area contributed by atoms with Crippen molar-refractivity contribution in [1.82, 2.24) is 15.1 Å². The van der Waals surface area contributed by atoms with E-state index in [9.17, 15) is 24.9 Å². The van der Waals surface area contributed by atoms with Crippen LogP contribution in [0.3, 0.4) is 0 Å². The van der Waals surface area contributed by atoms with Gasteiger partial charge in [0.05, 0.1) is 25.2 Å². The van der Waals surface area contributed by atoms with E-state index in [1.165, 1.54) is 0 Å². The molecule has 0 aliphatic carbocycles. The van der Waals surface area contributed by atoms with Gasteiger partial charge in [-0.1, -0.05) is 30.3 Å². The van der Waals surface area contributed by atoms with E-state index in [2.05, 4.69) is 16.3 Å². The number of alkyl carbamates (subject to hydrolysis) is 1. The Morgan fingerprint density at radius 3 is 2.61 bits per heavy atom. The molecule has 36 heavy (non-hydrogen) atoms. The monoisotopic (exact) mass is 498 g/mol. The topological polar surface area (TPSA) is 135 Å². The second kappa shape index (κ2) is 12.9. The van der Waals surface area contributed by atoms with E-state index < -0.39 is 24.7 Å². The zero-order chi connectivity index (χ0) is 26.1. The highest BCUT2D eigenvalue weighted by atomic mass is 16.5. The number of ether oxygens (including phenoxy) is 2. The molecule has 2 atom stereocenters. The molecule has 1 aromatic rings. The van der Waals surface area contributed by atoms with Crippen molar-refractivity contribution in [3.05, 3.63) is 47.5 Å². The van der Waals surface area contributed by atoms with Crippen molar-refractivity contribution in [2.24, 2.45) is 0 Å². The fourth-order valence-electron chi connectivity index (χ4n) is 4.62. The number of likely N-dealkylation sites (tertiary alicyclic amines) is 1. The number of nitriles is 1. The fourth-order valence-corrected chi connectivity index (χ4v) is 4.62. The van der Waals surface area contributed by atoms with E-state index in [0.29, 0.717) is 26.2 Å². The normalized spacial score (nSPS) is 19.9. The molecule has 0 saturated carbocycles. The summed E-state index contributed by atoms with van der Waals surface area (Å²) in [5.74, 6) is -1.32. The lowest BCUT2D eigenvalue weighted by Crippen LogP contribution is -2.49. The van der Waals surface area contributed by atoms with Crippen LogP contribution in [0.4, 0.5) is 4.79 Å². The number of carbonyl (C=O) groups is 2. The van der Waals surface area contributed by atoms with Gasteiger partial charge in [0.1, 0.15) is 18.2 Å². The van der Waals surface area contributed by atoms with Gasteiger partial charge in [-0.3, -0.25) is 9.69 Å². The maximum Gasteiger partial charge on any atom is 0.475 e. The van der Waals surface area contributed by atoms with Crippen LogP contribution in [0.2, 0.25) is 0 Å². The Balaban J connectivity index is 1.58. The summed E-state index contributed by atoms with van der Waals surface area (Å²) < 4.78 is 10.7. The van der Waals surface area contributed by atoms with Crippen LogP contribution in [0.15, 0.2) is 42.0 Å². The molecule has 194 valence electrons. The number of carbonyl (C=O) groups excluding carboxylic acids is 2. The summed E-state index contributed by atoms with van der Waals surface area (Å²) in [6.07, 6.45) is 2.50. The van der Waals surface area contributed by atoms with Crippen molar-refractivity contribution < 1.29 is 29.1 Å². The lowest BCUT2D eigenvalue weighted by Gasteiger charge is -2.39. The third kappa shape index (κ3) is 7.55. The Labute approximate surface area is 212 Å². The Bertz CT molecular complexity index is 959. The van der Waals surface area contributed by atoms with E-state index in [1.807, 2.05) is 44.2 Å². The number of hydrogen-bond acceptors (Lipinski definition) is 8. The largest absolute Gasteiger partial charge is 0.475 e. The van der Waals surface area contributed by atoms with Gasteiger partial charge in [0.25, 0.3) is 5.91 Å². The summed E-state index contributed by atoms with van der Waals surface area (Å²) in [6, 6.07) is 10.8. The van der Waals surface area contributed by atoms with Crippen molar-refractivity contribution >= 4 is 19.1 Å². The van der Waals surface area contributed by atoms with Gasteiger partial charge in [0.15, 0.2) is 0 Å². The van der Waals surface area contributed by atoms with Crippen LogP contribution in [-0.2, 0) is 20.7 Å².